The summed E-state index contributed by atoms with van der Waals surface area (Å²) in [6, 6.07) is 0. The molecular formula is C33H64O11. The maximum Gasteiger partial charge on any atom is 0.305 e. The second-order valence-electron chi connectivity index (χ2n) is 10.6. The molecule has 11 heteroatoms. The highest BCUT2D eigenvalue weighted by atomic mass is 16.6. The number of aliphatic carboxylic acids is 1. The lowest BCUT2D eigenvalue weighted by Crippen LogP contribution is -2.15. The first kappa shape index (κ1) is 42.7. The van der Waals surface area contributed by atoms with Crippen LogP contribution >= 0.6 is 0 Å². The quantitative estimate of drug-likeness (QED) is 0.0672. The summed E-state index contributed by atoms with van der Waals surface area (Å²) in [4.78, 5) is 22.2. The van der Waals surface area contributed by atoms with Crippen molar-refractivity contribution in [3.8, 4) is 0 Å². The van der Waals surface area contributed by atoms with Crippen LogP contribution in [0.1, 0.15) is 103 Å². The molecule has 0 heterocycles. The first-order valence-corrected chi connectivity index (χ1v) is 17.1. The second kappa shape index (κ2) is 37.8. The number of hydrogen-bond acceptors (Lipinski definition) is 10. The second-order valence-corrected chi connectivity index (χ2v) is 10.6. The molecule has 0 saturated carbocycles. The Kier molecular flexibility index (Phi) is 36.7. The molecule has 0 rings (SSSR count). The molecule has 1 N–H and O–H groups in total. The van der Waals surface area contributed by atoms with Gasteiger partial charge in [0.05, 0.1) is 98.9 Å². The monoisotopic (exact) mass is 636 g/mol. The SMILES string of the molecule is CCCCCCCCCCCCCCCC(=O)OCCOCCOCCOCCOCCOCCOCCOCCC(=O)O. The standard InChI is InChI=1S/C33H64O11/c1-2-3-4-5-6-7-8-9-10-11-12-13-14-15-33(36)44-31-30-43-29-28-42-27-26-41-25-24-40-23-22-39-21-20-38-19-18-37-17-16-32(34)35/h2-31H2,1H3,(H,34,35). The summed E-state index contributed by atoms with van der Waals surface area (Å²) in [5.41, 5.74) is 0. The zero-order valence-corrected chi connectivity index (χ0v) is 27.7. The number of ether oxygens (including phenoxy) is 8. The molecule has 0 aromatic carbocycles. The predicted octanol–water partition coefficient (Wildman–Crippen LogP) is 5.60. The third kappa shape index (κ3) is 38.7. The van der Waals surface area contributed by atoms with E-state index in [1.165, 1.54) is 70.6 Å². The van der Waals surface area contributed by atoms with Crippen LogP contribution in [0.25, 0.3) is 0 Å². The molecule has 262 valence electrons. The molecule has 0 amide bonds. The maximum atomic E-state index is 11.8. The van der Waals surface area contributed by atoms with Crippen LogP contribution in [0.3, 0.4) is 0 Å². The van der Waals surface area contributed by atoms with Gasteiger partial charge in [-0.3, -0.25) is 9.59 Å². The minimum absolute atomic E-state index is 0.000920. The largest absolute Gasteiger partial charge is 0.481 e. The maximum absolute atomic E-state index is 11.8. The van der Waals surface area contributed by atoms with Crippen LogP contribution in [0.15, 0.2) is 0 Å². The average Bonchev–Trinajstić information content (AvgIpc) is 3.01. The van der Waals surface area contributed by atoms with Crippen molar-refractivity contribution in [1.82, 2.24) is 0 Å². The smallest absolute Gasteiger partial charge is 0.305 e. The van der Waals surface area contributed by atoms with Crippen molar-refractivity contribution in [2.24, 2.45) is 0 Å². The summed E-state index contributed by atoms with van der Waals surface area (Å²) in [5, 5.41) is 8.49. The van der Waals surface area contributed by atoms with Gasteiger partial charge >= 0.3 is 11.9 Å². The van der Waals surface area contributed by atoms with Gasteiger partial charge in [0, 0.05) is 6.42 Å². The van der Waals surface area contributed by atoms with E-state index in [0.717, 1.165) is 12.8 Å². The van der Waals surface area contributed by atoms with Crippen molar-refractivity contribution in [1.29, 1.82) is 0 Å². The minimum Gasteiger partial charge on any atom is -0.481 e. The van der Waals surface area contributed by atoms with Gasteiger partial charge in [-0.2, -0.15) is 0 Å². The van der Waals surface area contributed by atoms with E-state index in [1.807, 2.05) is 0 Å². The Morgan fingerprint density at radius 3 is 1.02 bits per heavy atom. The lowest BCUT2D eigenvalue weighted by atomic mass is 10.0. The molecule has 0 aliphatic heterocycles. The van der Waals surface area contributed by atoms with Crippen LogP contribution in [0, 0.1) is 0 Å². The summed E-state index contributed by atoms with van der Waals surface area (Å²) in [6.45, 7) is 8.58. The lowest BCUT2D eigenvalue weighted by molar-refractivity contribution is -0.145. The van der Waals surface area contributed by atoms with Crippen molar-refractivity contribution < 1.29 is 52.6 Å². The van der Waals surface area contributed by atoms with E-state index in [0.29, 0.717) is 92.3 Å². The van der Waals surface area contributed by atoms with Crippen LogP contribution in [-0.2, 0) is 47.5 Å². The normalized spacial score (nSPS) is 11.3. The highest BCUT2D eigenvalue weighted by Crippen LogP contribution is 2.13. The van der Waals surface area contributed by atoms with Crippen LogP contribution in [0.5, 0.6) is 0 Å². The summed E-state index contributed by atoms with van der Waals surface area (Å²) in [6.07, 6.45) is 17.3. The van der Waals surface area contributed by atoms with Crippen LogP contribution in [-0.4, -0.2) is 116 Å². The van der Waals surface area contributed by atoms with Gasteiger partial charge in [0.15, 0.2) is 0 Å². The number of hydrogen-bond donors (Lipinski definition) is 1. The molecule has 0 aliphatic carbocycles. The number of rotatable bonds is 38. The van der Waals surface area contributed by atoms with E-state index in [-0.39, 0.29) is 25.6 Å². The highest BCUT2D eigenvalue weighted by molar-refractivity contribution is 5.69. The first-order chi connectivity index (χ1) is 21.7. The molecule has 0 bridgehead atoms. The number of carbonyl (C=O) groups is 2. The third-order valence-corrected chi connectivity index (χ3v) is 6.67. The summed E-state index contributed by atoms with van der Waals surface area (Å²) >= 11 is 0. The molecule has 0 fully saturated rings. The van der Waals surface area contributed by atoms with E-state index >= 15 is 0 Å². The van der Waals surface area contributed by atoms with E-state index < -0.39 is 5.97 Å². The Bertz CT molecular complexity index is 592. The predicted molar refractivity (Wildman–Crippen MR) is 169 cm³/mol. The molecule has 0 unspecified atom stereocenters. The van der Waals surface area contributed by atoms with E-state index in [9.17, 15) is 9.59 Å². The zero-order valence-electron chi connectivity index (χ0n) is 27.7. The van der Waals surface area contributed by atoms with Crippen LogP contribution in [0.4, 0.5) is 0 Å². The van der Waals surface area contributed by atoms with E-state index in [4.69, 9.17) is 43.0 Å². The fourth-order valence-corrected chi connectivity index (χ4v) is 4.15. The van der Waals surface area contributed by atoms with Gasteiger partial charge < -0.3 is 43.0 Å². The summed E-state index contributed by atoms with van der Waals surface area (Å²) in [5.74, 6) is -1.01. The molecule has 0 spiro atoms. The fourth-order valence-electron chi connectivity index (χ4n) is 4.15. The molecule has 0 atom stereocenters. The van der Waals surface area contributed by atoms with E-state index in [2.05, 4.69) is 6.92 Å². The topological polar surface area (TPSA) is 128 Å². The van der Waals surface area contributed by atoms with Crippen molar-refractivity contribution in [2.75, 3.05) is 99.1 Å². The Morgan fingerprint density at radius 1 is 0.386 bits per heavy atom. The Hall–Kier alpha value is -1.34. The van der Waals surface area contributed by atoms with Gasteiger partial charge in [-0.1, -0.05) is 84.0 Å². The van der Waals surface area contributed by atoms with E-state index in [1.54, 1.807) is 0 Å². The third-order valence-electron chi connectivity index (χ3n) is 6.67. The van der Waals surface area contributed by atoms with Gasteiger partial charge in [0.25, 0.3) is 0 Å². The number of carboxylic acids is 1. The molecule has 11 nitrogen and oxygen atoms in total. The van der Waals surface area contributed by atoms with Gasteiger partial charge in [0.1, 0.15) is 6.61 Å². The molecule has 0 aromatic rings. The van der Waals surface area contributed by atoms with Gasteiger partial charge in [-0.15, -0.1) is 0 Å². The average molecular weight is 637 g/mol. The van der Waals surface area contributed by atoms with Crippen molar-refractivity contribution >= 4 is 11.9 Å². The number of esters is 1. The molecular weight excluding hydrogens is 572 g/mol. The Labute approximate surface area is 266 Å². The summed E-state index contributed by atoms with van der Waals surface area (Å²) in [7, 11) is 0. The van der Waals surface area contributed by atoms with Gasteiger partial charge in [-0.25, -0.2) is 0 Å². The number of carbonyl (C=O) groups excluding carboxylic acids is 1. The number of carboxylic acid groups (broad SMARTS) is 1. The van der Waals surface area contributed by atoms with Gasteiger partial charge in [-0.05, 0) is 6.42 Å². The van der Waals surface area contributed by atoms with Crippen molar-refractivity contribution in [3.63, 3.8) is 0 Å². The molecule has 0 aliphatic rings. The molecule has 0 aromatic heterocycles. The van der Waals surface area contributed by atoms with Crippen LogP contribution in [0.2, 0.25) is 0 Å². The highest BCUT2D eigenvalue weighted by Gasteiger charge is 2.03. The minimum atomic E-state index is -0.873. The lowest BCUT2D eigenvalue weighted by Gasteiger charge is -2.08. The Morgan fingerprint density at radius 2 is 0.682 bits per heavy atom. The van der Waals surface area contributed by atoms with Gasteiger partial charge in [0.2, 0.25) is 0 Å². The van der Waals surface area contributed by atoms with Crippen molar-refractivity contribution in [3.05, 3.63) is 0 Å². The Balaban J connectivity index is 3.14. The number of unbranched alkanes of at least 4 members (excludes halogenated alkanes) is 12. The van der Waals surface area contributed by atoms with Crippen LogP contribution < -0.4 is 0 Å². The zero-order chi connectivity index (χ0) is 32.0. The molecule has 0 radical (unpaired) electrons. The summed E-state index contributed by atoms with van der Waals surface area (Å²) < 4.78 is 42.8. The fraction of sp³-hybridized carbons (Fsp3) is 0.939. The first-order valence-electron chi connectivity index (χ1n) is 17.1. The molecule has 0 saturated heterocycles. The molecule has 44 heavy (non-hydrogen) atoms. The van der Waals surface area contributed by atoms with Crippen molar-refractivity contribution in [2.45, 2.75) is 103 Å².